The van der Waals surface area contributed by atoms with Crippen molar-refractivity contribution in [2.45, 2.75) is 70.7 Å². The Morgan fingerprint density at radius 3 is 2.47 bits per heavy atom. The minimum absolute atomic E-state index is 0.496. The van der Waals surface area contributed by atoms with Crippen molar-refractivity contribution in [3.8, 4) is 0 Å². The van der Waals surface area contributed by atoms with Crippen molar-refractivity contribution < 1.29 is 19.7 Å². The molecule has 2 N–H and O–H groups in total. The van der Waals surface area contributed by atoms with Crippen LogP contribution in [0.4, 0.5) is 0 Å². The molecule has 1 fully saturated rings. The second kappa shape index (κ2) is 4.94. The van der Waals surface area contributed by atoms with Crippen LogP contribution in [0.15, 0.2) is 0 Å². The van der Waals surface area contributed by atoms with Gasteiger partial charge in [0.25, 0.3) is 0 Å². The Balaban J connectivity index is 2.81. The zero-order valence-electron chi connectivity index (χ0n) is 11.2. The number of carboxylic acid groups (broad SMARTS) is 1. The quantitative estimate of drug-likeness (QED) is 0.795. The van der Waals surface area contributed by atoms with Crippen molar-refractivity contribution in [2.24, 2.45) is 5.92 Å². The first-order valence-corrected chi connectivity index (χ1v) is 6.34. The maximum atomic E-state index is 11.1. The number of carboxylic acids is 1. The number of rotatable bonds is 4. The monoisotopic (exact) mass is 244 g/mol. The summed E-state index contributed by atoms with van der Waals surface area (Å²) in [7, 11) is 0. The standard InChI is InChI=1S/C13H24O4/c1-5-6-10(14)13(4)8-7-9(11(15)16)12(2,3)17-13/h9-10,14H,5-8H2,1-4H3,(H,15,16). The van der Waals surface area contributed by atoms with E-state index in [0.29, 0.717) is 19.3 Å². The highest BCUT2D eigenvalue weighted by Crippen LogP contribution is 2.41. The van der Waals surface area contributed by atoms with Crippen LogP contribution in [0.1, 0.15) is 53.4 Å². The van der Waals surface area contributed by atoms with Gasteiger partial charge in [-0.25, -0.2) is 0 Å². The Hall–Kier alpha value is -0.610. The third kappa shape index (κ3) is 2.99. The van der Waals surface area contributed by atoms with Crippen molar-refractivity contribution in [3.05, 3.63) is 0 Å². The van der Waals surface area contributed by atoms with Gasteiger partial charge in [0.1, 0.15) is 0 Å². The summed E-state index contributed by atoms with van der Waals surface area (Å²) in [5.74, 6) is -1.31. The molecule has 3 unspecified atom stereocenters. The first-order chi connectivity index (χ1) is 7.73. The predicted octanol–water partition coefficient (Wildman–Crippen LogP) is 2.20. The number of aliphatic hydroxyl groups excluding tert-OH is 1. The number of ether oxygens (including phenoxy) is 1. The van der Waals surface area contributed by atoms with Crippen LogP contribution in [-0.4, -0.2) is 33.5 Å². The lowest BCUT2D eigenvalue weighted by Crippen LogP contribution is -2.56. The van der Waals surface area contributed by atoms with E-state index in [0.717, 1.165) is 6.42 Å². The zero-order valence-corrected chi connectivity index (χ0v) is 11.2. The van der Waals surface area contributed by atoms with Gasteiger partial charge in [-0.2, -0.15) is 0 Å². The molecule has 1 aliphatic rings. The van der Waals surface area contributed by atoms with Gasteiger partial charge in [-0.3, -0.25) is 4.79 Å². The molecule has 1 rings (SSSR count). The molecule has 4 nitrogen and oxygen atoms in total. The Labute approximate surface area is 103 Å². The molecular formula is C13H24O4. The molecule has 4 heteroatoms. The third-order valence-electron chi connectivity index (χ3n) is 3.83. The van der Waals surface area contributed by atoms with E-state index in [-0.39, 0.29) is 0 Å². The molecule has 1 heterocycles. The minimum atomic E-state index is -0.818. The fourth-order valence-corrected chi connectivity index (χ4v) is 2.74. The van der Waals surface area contributed by atoms with Crippen LogP contribution in [-0.2, 0) is 9.53 Å². The Morgan fingerprint density at radius 2 is 2.06 bits per heavy atom. The van der Waals surface area contributed by atoms with Gasteiger partial charge in [0.15, 0.2) is 0 Å². The Kier molecular flexibility index (Phi) is 4.20. The highest BCUT2D eigenvalue weighted by atomic mass is 16.5. The second-order valence-corrected chi connectivity index (χ2v) is 5.75. The van der Waals surface area contributed by atoms with Crippen molar-refractivity contribution in [3.63, 3.8) is 0 Å². The maximum Gasteiger partial charge on any atom is 0.309 e. The summed E-state index contributed by atoms with van der Waals surface area (Å²) < 4.78 is 5.92. The van der Waals surface area contributed by atoms with Crippen molar-refractivity contribution in [2.75, 3.05) is 0 Å². The summed E-state index contributed by atoms with van der Waals surface area (Å²) in [6, 6.07) is 0. The molecule has 17 heavy (non-hydrogen) atoms. The van der Waals surface area contributed by atoms with E-state index < -0.39 is 29.2 Å². The van der Waals surface area contributed by atoms with Crippen LogP contribution in [0, 0.1) is 5.92 Å². The summed E-state index contributed by atoms with van der Waals surface area (Å²) in [6.45, 7) is 7.48. The van der Waals surface area contributed by atoms with Gasteiger partial charge in [0.05, 0.1) is 23.2 Å². The molecule has 3 atom stereocenters. The molecule has 0 aromatic rings. The fraction of sp³-hybridized carbons (Fsp3) is 0.923. The van der Waals surface area contributed by atoms with E-state index in [4.69, 9.17) is 9.84 Å². The van der Waals surface area contributed by atoms with Gasteiger partial charge in [-0.1, -0.05) is 13.3 Å². The number of hydrogen-bond donors (Lipinski definition) is 2. The smallest absolute Gasteiger partial charge is 0.309 e. The summed E-state index contributed by atoms with van der Waals surface area (Å²) in [5, 5.41) is 19.3. The molecule has 0 aromatic heterocycles. The molecule has 100 valence electrons. The van der Waals surface area contributed by atoms with Crippen molar-refractivity contribution in [1.82, 2.24) is 0 Å². The topological polar surface area (TPSA) is 66.8 Å². The molecule has 1 aliphatic heterocycles. The van der Waals surface area contributed by atoms with Crippen LogP contribution in [0.2, 0.25) is 0 Å². The highest BCUT2D eigenvalue weighted by molar-refractivity contribution is 5.71. The van der Waals surface area contributed by atoms with Gasteiger partial charge < -0.3 is 14.9 Å². The fourth-order valence-electron chi connectivity index (χ4n) is 2.74. The number of hydrogen-bond acceptors (Lipinski definition) is 3. The maximum absolute atomic E-state index is 11.1. The average molecular weight is 244 g/mol. The van der Waals surface area contributed by atoms with Gasteiger partial charge in [0.2, 0.25) is 0 Å². The first-order valence-electron chi connectivity index (χ1n) is 6.34. The number of carbonyl (C=O) groups is 1. The molecule has 1 saturated heterocycles. The summed E-state index contributed by atoms with van der Waals surface area (Å²) >= 11 is 0. The lowest BCUT2D eigenvalue weighted by atomic mass is 9.76. The van der Waals surface area contributed by atoms with Gasteiger partial charge in [-0.15, -0.1) is 0 Å². The normalized spacial score (nSPS) is 34.3. The first kappa shape index (κ1) is 14.5. The van der Waals surface area contributed by atoms with E-state index in [2.05, 4.69) is 0 Å². The lowest BCUT2D eigenvalue weighted by Gasteiger charge is -2.48. The average Bonchev–Trinajstić information content (AvgIpc) is 2.15. The van der Waals surface area contributed by atoms with Crippen LogP contribution in [0.3, 0.4) is 0 Å². The SMILES string of the molecule is CCCC(O)C1(C)CCC(C(=O)O)C(C)(C)O1. The number of aliphatic hydroxyl groups is 1. The van der Waals surface area contributed by atoms with Crippen molar-refractivity contribution >= 4 is 5.97 Å². The van der Waals surface area contributed by atoms with E-state index in [1.807, 2.05) is 13.8 Å². The Bertz CT molecular complexity index is 287. The molecule has 0 spiro atoms. The Morgan fingerprint density at radius 1 is 1.47 bits per heavy atom. The lowest BCUT2D eigenvalue weighted by molar-refractivity contribution is -0.233. The summed E-state index contributed by atoms with van der Waals surface area (Å²) in [4.78, 5) is 11.1. The molecular weight excluding hydrogens is 220 g/mol. The molecule has 0 aliphatic carbocycles. The van der Waals surface area contributed by atoms with Crippen molar-refractivity contribution in [1.29, 1.82) is 0 Å². The summed E-state index contributed by atoms with van der Waals surface area (Å²) in [5.41, 5.74) is -1.35. The number of aliphatic carboxylic acids is 1. The second-order valence-electron chi connectivity index (χ2n) is 5.75. The molecule has 0 saturated carbocycles. The van der Waals surface area contributed by atoms with Crippen LogP contribution in [0.5, 0.6) is 0 Å². The molecule has 0 bridgehead atoms. The van der Waals surface area contributed by atoms with E-state index in [1.54, 1.807) is 13.8 Å². The minimum Gasteiger partial charge on any atom is -0.481 e. The van der Waals surface area contributed by atoms with Gasteiger partial charge in [-0.05, 0) is 40.0 Å². The third-order valence-corrected chi connectivity index (χ3v) is 3.83. The van der Waals surface area contributed by atoms with E-state index in [1.165, 1.54) is 0 Å². The van der Waals surface area contributed by atoms with Gasteiger partial charge in [0, 0.05) is 0 Å². The van der Waals surface area contributed by atoms with E-state index in [9.17, 15) is 9.90 Å². The van der Waals surface area contributed by atoms with Crippen LogP contribution < -0.4 is 0 Å². The largest absolute Gasteiger partial charge is 0.481 e. The van der Waals surface area contributed by atoms with Gasteiger partial charge >= 0.3 is 5.97 Å². The molecule has 0 amide bonds. The predicted molar refractivity (Wildman–Crippen MR) is 64.8 cm³/mol. The van der Waals surface area contributed by atoms with Crippen LogP contribution >= 0.6 is 0 Å². The molecule has 0 radical (unpaired) electrons. The zero-order chi connectivity index (χ0) is 13.3. The van der Waals surface area contributed by atoms with E-state index >= 15 is 0 Å². The van der Waals surface area contributed by atoms with Crippen LogP contribution in [0.25, 0.3) is 0 Å². The molecule has 0 aromatic carbocycles. The highest BCUT2D eigenvalue weighted by Gasteiger charge is 2.49. The summed E-state index contributed by atoms with van der Waals surface area (Å²) in [6.07, 6.45) is 2.20.